The third-order valence-corrected chi connectivity index (χ3v) is 12.9. The molecule has 0 bridgehead atoms. The van der Waals surface area contributed by atoms with E-state index in [2.05, 4.69) is 15.1 Å². The van der Waals surface area contributed by atoms with Crippen LogP contribution in [0, 0.1) is 0 Å². The first kappa shape index (κ1) is 43.3. The molecule has 5 heterocycles. The maximum atomic E-state index is 14.2. The number of rotatable bonds is 12. The van der Waals surface area contributed by atoms with Gasteiger partial charge in [0, 0.05) is 89.2 Å². The number of benzene rings is 2. The molecule has 2 aromatic carbocycles. The second-order valence-corrected chi connectivity index (χ2v) is 16.7. The molecule has 4 amide bonds. The molecule has 3 N–H and O–H groups in total. The van der Waals surface area contributed by atoms with Crippen LogP contribution in [0.4, 0.5) is 34.1 Å². The van der Waals surface area contributed by atoms with Crippen molar-refractivity contribution in [2.45, 2.75) is 88.2 Å². The van der Waals surface area contributed by atoms with Gasteiger partial charge in [0.05, 0.1) is 36.1 Å². The quantitative estimate of drug-likeness (QED) is 0.203. The van der Waals surface area contributed by atoms with Gasteiger partial charge in [-0.15, -0.1) is 0 Å². The molecule has 0 saturated carbocycles. The molecule has 4 saturated heterocycles. The van der Waals surface area contributed by atoms with E-state index in [1.165, 1.54) is 11.0 Å². The SMILES string of the molecule is Nc1c(Cl)cc(C[C@@H](OC(=O)N2CCC(N3CCc4ccccc4NC3=O)CC2)C(=O)N2CCC(N3CCC[C@H]3COCCCN3CCOCC3)CC2)cc1C(F)(F)F. The summed E-state index contributed by atoms with van der Waals surface area (Å²) in [6.07, 6.45) is -0.948. The summed E-state index contributed by atoms with van der Waals surface area (Å²) < 4.78 is 59.3. The first-order valence-electron chi connectivity index (χ1n) is 21.1. The van der Waals surface area contributed by atoms with Gasteiger partial charge in [-0.05, 0) is 87.2 Å². The summed E-state index contributed by atoms with van der Waals surface area (Å²) in [6.45, 7) is 8.79. The van der Waals surface area contributed by atoms with E-state index in [4.69, 9.17) is 31.5 Å². The van der Waals surface area contributed by atoms with E-state index in [1.54, 1.807) is 4.90 Å². The number of carbonyl (C=O) groups excluding carboxylic acids is 3. The number of nitrogen functional groups attached to an aromatic ring is 1. The summed E-state index contributed by atoms with van der Waals surface area (Å²) in [7, 11) is 0. The number of nitrogens with zero attached hydrogens (tertiary/aromatic N) is 5. The highest BCUT2D eigenvalue weighted by atomic mass is 35.5. The lowest BCUT2D eigenvalue weighted by Gasteiger charge is -2.40. The van der Waals surface area contributed by atoms with E-state index in [9.17, 15) is 27.6 Å². The lowest BCUT2D eigenvalue weighted by molar-refractivity contribution is -0.142. The van der Waals surface area contributed by atoms with E-state index in [0.29, 0.717) is 71.0 Å². The Kier molecular flexibility index (Phi) is 14.4. The molecule has 0 radical (unpaired) electrons. The van der Waals surface area contributed by atoms with Crippen LogP contribution < -0.4 is 11.1 Å². The molecule has 324 valence electrons. The van der Waals surface area contributed by atoms with Crippen LogP contribution in [0.25, 0.3) is 0 Å². The maximum Gasteiger partial charge on any atom is 0.418 e. The van der Waals surface area contributed by atoms with Crippen molar-refractivity contribution in [3.8, 4) is 0 Å². The summed E-state index contributed by atoms with van der Waals surface area (Å²) in [5.41, 5.74) is 5.93. The highest BCUT2D eigenvalue weighted by molar-refractivity contribution is 6.33. The number of alkyl halides is 3. The molecule has 4 fully saturated rings. The molecule has 5 aliphatic rings. The van der Waals surface area contributed by atoms with Gasteiger partial charge >= 0.3 is 18.3 Å². The van der Waals surface area contributed by atoms with Crippen LogP contribution in [-0.4, -0.2) is 152 Å². The minimum Gasteiger partial charge on any atom is -0.436 e. The molecule has 0 unspecified atom stereocenters. The van der Waals surface area contributed by atoms with Gasteiger partial charge in [-0.1, -0.05) is 29.8 Å². The average Bonchev–Trinajstić information content (AvgIpc) is 3.63. The van der Waals surface area contributed by atoms with Crippen molar-refractivity contribution in [2.24, 2.45) is 0 Å². The minimum atomic E-state index is -4.78. The number of morpholine rings is 1. The number of hydrogen-bond donors (Lipinski definition) is 2. The Bertz CT molecular complexity index is 1770. The molecule has 59 heavy (non-hydrogen) atoms. The lowest BCUT2D eigenvalue weighted by Crippen LogP contribution is -2.53. The van der Waals surface area contributed by atoms with E-state index in [-0.39, 0.29) is 48.2 Å². The molecule has 2 aromatic rings. The highest BCUT2D eigenvalue weighted by Crippen LogP contribution is 2.38. The molecular weight excluding hydrogens is 791 g/mol. The van der Waals surface area contributed by atoms with Crippen LogP contribution in [0.1, 0.15) is 61.6 Å². The van der Waals surface area contributed by atoms with Crippen LogP contribution in [-0.2, 0) is 38.0 Å². The van der Waals surface area contributed by atoms with Crippen molar-refractivity contribution < 1.29 is 41.8 Å². The number of nitrogens with two attached hydrogens (primary N) is 1. The van der Waals surface area contributed by atoms with Crippen LogP contribution in [0.5, 0.6) is 0 Å². The molecule has 13 nitrogen and oxygen atoms in total. The average molecular weight is 848 g/mol. The largest absolute Gasteiger partial charge is 0.436 e. The number of likely N-dealkylation sites (tertiary alicyclic amines) is 3. The normalized spacial score (nSPS) is 22.2. The molecule has 5 aliphatic heterocycles. The van der Waals surface area contributed by atoms with Crippen molar-refractivity contribution in [3.63, 3.8) is 0 Å². The number of hydrogen-bond acceptors (Lipinski definition) is 9. The second-order valence-electron chi connectivity index (χ2n) is 16.3. The monoisotopic (exact) mass is 847 g/mol. The van der Waals surface area contributed by atoms with Gasteiger partial charge < -0.3 is 40.0 Å². The Hall–Kier alpha value is -3.83. The zero-order chi connectivity index (χ0) is 41.5. The zero-order valence-corrected chi connectivity index (χ0v) is 34.4. The summed E-state index contributed by atoms with van der Waals surface area (Å²) in [5, 5.41) is 2.70. The first-order valence-corrected chi connectivity index (χ1v) is 21.5. The minimum absolute atomic E-state index is 0.0781. The van der Waals surface area contributed by atoms with Crippen molar-refractivity contribution in [2.75, 3.05) is 96.4 Å². The molecule has 0 aromatic heterocycles. The van der Waals surface area contributed by atoms with Gasteiger partial charge in [-0.25, -0.2) is 9.59 Å². The smallest absolute Gasteiger partial charge is 0.418 e. The molecule has 0 aliphatic carbocycles. The predicted molar refractivity (Wildman–Crippen MR) is 217 cm³/mol. The molecule has 7 rings (SSSR count). The van der Waals surface area contributed by atoms with Gasteiger partial charge in [-0.2, -0.15) is 13.2 Å². The fourth-order valence-electron chi connectivity index (χ4n) is 9.29. The fourth-order valence-corrected chi connectivity index (χ4v) is 9.53. The standard InChI is InChI=1S/C42H57ClF3N7O6/c43-35-26-29(25-34(38(35)47)42(44,45)46)27-37(59-41(56)51-17-11-32(12-18-51)53-19-8-30-5-1-2-7-36(30)48-40(53)55)39(54)50-15-9-31(10-16-50)52-14-3-6-33(52)28-58-22-4-13-49-20-23-57-24-21-49/h1-2,5,7,25-26,31-33,37H,3-4,6,8-24,27-28,47H2,(H,48,55)/t33-,37+/m0/s1. The van der Waals surface area contributed by atoms with Gasteiger partial charge in [0.15, 0.2) is 6.10 Å². The summed E-state index contributed by atoms with van der Waals surface area (Å²) in [5.74, 6) is -0.462. The molecule has 2 atom stereocenters. The Balaban J connectivity index is 0.955. The third kappa shape index (κ3) is 10.9. The van der Waals surface area contributed by atoms with E-state index >= 15 is 0 Å². The number of halogens is 4. The number of carbonyl (C=O) groups is 3. The third-order valence-electron chi connectivity index (χ3n) is 12.6. The van der Waals surface area contributed by atoms with Crippen LogP contribution in [0.2, 0.25) is 5.02 Å². The van der Waals surface area contributed by atoms with Crippen molar-refractivity contribution in [1.82, 2.24) is 24.5 Å². The first-order chi connectivity index (χ1) is 28.4. The number of anilines is 2. The summed E-state index contributed by atoms with van der Waals surface area (Å²) in [6, 6.07) is 10.1. The van der Waals surface area contributed by atoms with Crippen LogP contribution in [0.15, 0.2) is 36.4 Å². The molecular formula is C42H57ClF3N7O6. The fraction of sp³-hybridized carbons (Fsp3) is 0.643. The number of amides is 4. The van der Waals surface area contributed by atoms with Gasteiger partial charge in [0.25, 0.3) is 5.91 Å². The van der Waals surface area contributed by atoms with Crippen molar-refractivity contribution in [1.29, 1.82) is 0 Å². The Morgan fingerprint density at radius 2 is 1.64 bits per heavy atom. The van der Waals surface area contributed by atoms with Crippen LogP contribution in [0.3, 0.4) is 0 Å². The number of urea groups is 1. The Morgan fingerprint density at radius 3 is 2.39 bits per heavy atom. The van der Waals surface area contributed by atoms with Gasteiger partial charge in [0.1, 0.15) is 0 Å². The van der Waals surface area contributed by atoms with Crippen LogP contribution >= 0.6 is 11.6 Å². The topological polar surface area (TPSA) is 133 Å². The van der Waals surface area contributed by atoms with Gasteiger partial charge in [-0.3, -0.25) is 14.6 Å². The number of piperidine rings is 2. The zero-order valence-electron chi connectivity index (χ0n) is 33.6. The molecule has 0 spiro atoms. The Morgan fingerprint density at radius 1 is 0.932 bits per heavy atom. The maximum absolute atomic E-state index is 14.2. The van der Waals surface area contributed by atoms with Gasteiger partial charge in [0.2, 0.25) is 0 Å². The summed E-state index contributed by atoms with van der Waals surface area (Å²) in [4.78, 5) is 51.0. The van der Waals surface area contributed by atoms with Crippen molar-refractivity contribution in [3.05, 3.63) is 58.1 Å². The Labute approximate surface area is 349 Å². The van der Waals surface area contributed by atoms with Crippen molar-refractivity contribution >= 4 is 41.0 Å². The number of nitrogens with one attached hydrogen (secondary N) is 1. The van der Waals surface area contributed by atoms with E-state index in [0.717, 1.165) is 76.0 Å². The number of fused-ring (bicyclic) bond motifs is 1. The molecule has 17 heteroatoms. The number of ether oxygens (including phenoxy) is 3. The highest BCUT2D eigenvalue weighted by Gasteiger charge is 2.39. The lowest BCUT2D eigenvalue weighted by atomic mass is 9.99. The second kappa shape index (κ2) is 19.7. The van der Waals surface area contributed by atoms with E-state index < -0.39 is 35.5 Å². The number of para-hydroxylation sites is 1. The van der Waals surface area contributed by atoms with E-state index in [1.807, 2.05) is 29.2 Å². The summed E-state index contributed by atoms with van der Waals surface area (Å²) >= 11 is 6.17. The predicted octanol–water partition coefficient (Wildman–Crippen LogP) is 5.74.